The van der Waals surface area contributed by atoms with Crippen molar-refractivity contribution in [3.05, 3.63) is 0 Å². The maximum Gasteiger partial charge on any atom is 0.306 e. The molecule has 0 aromatic rings. The molecule has 0 aliphatic heterocycles. The minimum atomic E-state index is -0.167. The highest BCUT2D eigenvalue weighted by atomic mass is 32.1. The molecule has 0 saturated heterocycles. The standard InChI is InChI=1S/C6H12O2S/c1-3-8-6(7)4-5(2)9/h5,9H,3-4H2,1-2H3/t5-/m0/s1. The number of hydrogen-bond acceptors (Lipinski definition) is 3. The summed E-state index contributed by atoms with van der Waals surface area (Å²) >= 11 is 4.03. The number of rotatable bonds is 3. The van der Waals surface area contributed by atoms with Crippen LogP contribution in [-0.4, -0.2) is 17.8 Å². The smallest absolute Gasteiger partial charge is 0.306 e. The Labute approximate surface area is 61.0 Å². The van der Waals surface area contributed by atoms with Gasteiger partial charge in [-0.25, -0.2) is 0 Å². The van der Waals surface area contributed by atoms with E-state index >= 15 is 0 Å². The fourth-order valence-corrected chi connectivity index (χ4v) is 0.610. The van der Waals surface area contributed by atoms with Gasteiger partial charge in [0.25, 0.3) is 0 Å². The second-order valence-electron chi connectivity index (χ2n) is 1.86. The van der Waals surface area contributed by atoms with Crippen LogP contribution in [0.2, 0.25) is 0 Å². The zero-order chi connectivity index (χ0) is 7.28. The molecule has 0 rings (SSSR count). The summed E-state index contributed by atoms with van der Waals surface area (Å²) in [5, 5.41) is 0.101. The first-order valence-corrected chi connectivity index (χ1v) is 3.52. The van der Waals surface area contributed by atoms with E-state index in [0.29, 0.717) is 13.0 Å². The molecule has 0 heterocycles. The van der Waals surface area contributed by atoms with E-state index in [9.17, 15) is 4.79 Å². The van der Waals surface area contributed by atoms with Crippen molar-refractivity contribution < 1.29 is 9.53 Å². The van der Waals surface area contributed by atoms with Crippen LogP contribution in [0.25, 0.3) is 0 Å². The second-order valence-corrected chi connectivity index (χ2v) is 2.74. The Morgan fingerprint density at radius 1 is 1.78 bits per heavy atom. The van der Waals surface area contributed by atoms with Crippen LogP contribution in [0, 0.1) is 0 Å². The van der Waals surface area contributed by atoms with Gasteiger partial charge in [0, 0.05) is 5.25 Å². The molecule has 54 valence electrons. The Morgan fingerprint density at radius 3 is 2.67 bits per heavy atom. The summed E-state index contributed by atoms with van der Waals surface area (Å²) < 4.78 is 4.66. The molecule has 0 aliphatic rings. The molecule has 0 aromatic carbocycles. The van der Waals surface area contributed by atoms with Crippen molar-refractivity contribution in [2.75, 3.05) is 6.61 Å². The average Bonchev–Trinajstić information content (AvgIpc) is 1.63. The molecule has 0 aromatic heterocycles. The lowest BCUT2D eigenvalue weighted by atomic mass is 10.3. The second kappa shape index (κ2) is 4.68. The third kappa shape index (κ3) is 5.69. The lowest BCUT2D eigenvalue weighted by molar-refractivity contribution is -0.142. The Hall–Kier alpha value is -0.180. The Morgan fingerprint density at radius 2 is 2.33 bits per heavy atom. The van der Waals surface area contributed by atoms with Crippen molar-refractivity contribution in [2.24, 2.45) is 0 Å². The van der Waals surface area contributed by atoms with E-state index in [2.05, 4.69) is 17.4 Å². The minimum Gasteiger partial charge on any atom is -0.466 e. The minimum absolute atomic E-state index is 0.101. The van der Waals surface area contributed by atoms with Crippen molar-refractivity contribution in [2.45, 2.75) is 25.5 Å². The van der Waals surface area contributed by atoms with Crippen molar-refractivity contribution in [3.8, 4) is 0 Å². The molecule has 9 heavy (non-hydrogen) atoms. The van der Waals surface area contributed by atoms with Crippen LogP contribution in [0.4, 0.5) is 0 Å². The molecule has 0 radical (unpaired) electrons. The van der Waals surface area contributed by atoms with Crippen LogP contribution in [0.3, 0.4) is 0 Å². The van der Waals surface area contributed by atoms with E-state index in [1.807, 2.05) is 6.92 Å². The molecule has 0 fully saturated rings. The molecule has 0 unspecified atom stereocenters. The average molecular weight is 148 g/mol. The van der Waals surface area contributed by atoms with Gasteiger partial charge in [-0.3, -0.25) is 4.79 Å². The number of esters is 1. The van der Waals surface area contributed by atoms with Gasteiger partial charge in [-0.05, 0) is 6.92 Å². The topological polar surface area (TPSA) is 26.3 Å². The predicted octanol–water partition coefficient (Wildman–Crippen LogP) is 1.26. The highest BCUT2D eigenvalue weighted by molar-refractivity contribution is 7.80. The van der Waals surface area contributed by atoms with E-state index in [1.165, 1.54) is 0 Å². The van der Waals surface area contributed by atoms with E-state index in [0.717, 1.165) is 0 Å². The summed E-state index contributed by atoms with van der Waals surface area (Å²) in [6.07, 6.45) is 0.400. The SMILES string of the molecule is CCOC(=O)C[C@H](C)S. The number of carbonyl (C=O) groups is 1. The van der Waals surface area contributed by atoms with Crippen LogP contribution >= 0.6 is 12.6 Å². The number of thiol groups is 1. The molecular weight excluding hydrogens is 136 g/mol. The molecule has 0 bridgehead atoms. The zero-order valence-corrected chi connectivity index (χ0v) is 6.65. The molecule has 3 heteroatoms. The fraction of sp³-hybridized carbons (Fsp3) is 0.833. The largest absolute Gasteiger partial charge is 0.466 e. The Kier molecular flexibility index (Phi) is 4.58. The third-order valence-electron chi connectivity index (χ3n) is 0.767. The van der Waals surface area contributed by atoms with E-state index < -0.39 is 0 Å². The number of carbonyl (C=O) groups excluding carboxylic acids is 1. The molecule has 1 atom stereocenters. The van der Waals surface area contributed by atoms with Crippen LogP contribution < -0.4 is 0 Å². The highest BCUT2D eigenvalue weighted by Gasteiger charge is 2.03. The molecule has 0 saturated carbocycles. The summed E-state index contributed by atoms with van der Waals surface area (Å²) in [4.78, 5) is 10.6. The Balaban J connectivity index is 3.27. The Bertz CT molecular complexity index is 91.1. The molecule has 0 spiro atoms. The number of ether oxygens (including phenoxy) is 1. The lowest BCUT2D eigenvalue weighted by Crippen LogP contribution is -2.08. The predicted molar refractivity (Wildman–Crippen MR) is 39.7 cm³/mol. The van der Waals surface area contributed by atoms with Gasteiger partial charge < -0.3 is 4.74 Å². The first-order valence-electron chi connectivity index (χ1n) is 3.00. The van der Waals surface area contributed by atoms with Gasteiger partial charge in [0.05, 0.1) is 13.0 Å². The van der Waals surface area contributed by atoms with E-state index in [1.54, 1.807) is 6.92 Å². The molecule has 0 amide bonds. The first-order chi connectivity index (χ1) is 4.16. The summed E-state index contributed by atoms with van der Waals surface area (Å²) in [5.41, 5.74) is 0. The van der Waals surface area contributed by atoms with Gasteiger partial charge in [-0.2, -0.15) is 12.6 Å². The highest BCUT2D eigenvalue weighted by Crippen LogP contribution is 1.99. The summed E-state index contributed by atoms with van der Waals surface area (Å²) in [6.45, 7) is 4.11. The van der Waals surface area contributed by atoms with Gasteiger partial charge in [-0.1, -0.05) is 6.92 Å². The zero-order valence-electron chi connectivity index (χ0n) is 5.76. The lowest BCUT2D eigenvalue weighted by Gasteiger charge is -2.01. The van der Waals surface area contributed by atoms with Crippen LogP contribution in [-0.2, 0) is 9.53 Å². The molecular formula is C6H12O2S. The molecule has 2 nitrogen and oxygen atoms in total. The quantitative estimate of drug-likeness (QED) is 0.481. The van der Waals surface area contributed by atoms with Gasteiger partial charge in [0.15, 0.2) is 0 Å². The normalized spacial score (nSPS) is 12.8. The molecule has 0 N–H and O–H groups in total. The van der Waals surface area contributed by atoms with Crippen molar-refractivity contribution in [3.63, 3.8) is 0 Å². The summed E-state index contributed by atoms with van der Waals surface area (Å²) in [5.74, 6) is -0.167. The summed E-state index contributed by atoms with van der Waals surface area (Å²) in [7, 11) is 0. The maximum absolute atomic E-state index is 10.6. The van der Waals surface area contributed by atoms with Crippen LogP contribution in [0.5, 0.6) is 0 Å². The van der Waals surface area contributed by atoms with Crippen molar-refractivity contribution in [1.29, 1.82) is 0 Å². The number of hydrogen-bond donors (Lipinski definition) is 1. The van der Waals surface area contributed by atoms with E-state index in [-0.39, 0.29) is 11.2 Å². The van der Waals surface area contributed by atoms with Crippen molar-refractivity contribution in [1.82, 2.24) is 0 Å². The van der Waals surface area contributed by atoms with Gasteiger partial charge in [0.2, 0.25) is 0 Å². The fourth-order valence-electron chi connectivity index (χ4n) is 0.461. The third-order valence-corrected chi connectivity index (χ3v) is 0.950. The van der Waals surface area contributed by atoms with Crippen LogP contribution in [0.1, 0.15) is 20.3 Å². The van der Waals surface area contributed by atoms with E-state index in [4.69, 9.17) is 0 Å². The van der Waals surface area contributed by atoms with Crippen LogP contribution in [0.15, 0.2) is 0 Å². The monoisotopic (exact) mass is 148 g/mol. The van der Waals surface area contributed by atoms with Gasteiger partial charge >= 0.3 is 5.97 Å². The maximum atomic E-state index is 10.6. The van der Waals surface area contributed by atoms with Gasteiger partial charge in [0.1, 0.15) is 0 Å². The van der Waals surface area contributed by atoms with Crippen molar-refractivity contribution >= 4 is 18.6 Å². The summed E-state index contributed by atoms with van der Waals surface area (Å²) in [6, 6.07) is 0. The first kappa shape index (κ1) is 8.82. The molecule has 0 aliphatic carbocycles. The van der Waals surface area contributed by atoms with Gasteiger partial charge in [-0.15, -0.1) is 0 Å².